The molecule has 94 valence electrons. The molecule has 4 N–H and O–H groups in total. The van der Waals surface area contributed by atoms with Crippen molar-refractivity contribution in [2.45, 2.75) is 32.4 Å². The van der Waals surface area contributed by atoms with Crippen molar-refractivity contribution >= 4 is 23.2 Å². The first-order valence-electron chi connectivity index (χ1n) is 5.30. The smallest absolute Gasteiger partial charge is 0.255 e. The Morgan fingerprint density at radius 1 is 1.53 bits per heavy atom. The van der Waals surface area contributed by atoms with Gasteiger partial charge >= 0.3 is 0 Å². The minimum Gasteiger partial charge on any atom is -0.398 e. The number of benzene rings is 1. The van der Waals surface area contributed by atoms with Crippen molar-refractivity contribution in [2.24, 2.45) is 0 Å². The molecule has 0 radical (unpaired) electrons. The van der Waals surface area contributed by atoms with Crippen LogP contribution in [-0.4, -0.2) is 22.7 Å². The van der Waals surface area contributed by atoms with E-state index in [2.05, 4.69) is 5.32 Å². The van der Waals surface area contributed by atoms with Crippen molar-refractivity contribution in [1.29, 1.82) is 0 Å². The van der Waals surface area contributed by atoms with Gasteiger partial charge in [-0.15, -0.1) is 0 Å². The third-order valence-electron chi connectivity index (χ3n) is 2.75. The quantitative estimate of drug-likeness (QED) is 0.722. The fourth-order valence-corrected chi connectivity index (χ4v) is 1.51. The number of nitrogen functional groups attached to an aromatic ring is 1. The molecule has 1 atom stereocenters. The highest BCUT2D eigenvalue weighted by atomic mass is 35.5. The summed E-state index contributed by atoms with van der Waals surface area (Å²) < 4.78 is 0. The number of hydrogen-bond acceptors (Lipinski definition) is 3. The molecule has 1 amide bonds. The molecule has 0 saturated carbocycles. The predicted molar refractivity (Wildman–Crippen MR) is 69.1 cm³/mol. The first-order valence-corrected chi connectivity index (χ1v) is 5.68. The molecule has 0 aliphatic heterocycles. The Balaban J connectivity index is 2.99. The van der Waals surface area contributed by atoms with Gasteiger partial charge < -0.3 is 16.2 Å². The Bertz CT molecular complexity index is 410. The van der Waals surface area contributed by atoms with E-state index in [0.29, 0.717) is 10.7 Å². The number of carbonyl (C=O) groups excluding carboxylic acids is 1. The van der Waals surface area contributed by atoms with Crippen LogP contribution >= 0.6 is 11.6 Å². The van der Waals surface area contributed by atoms with Crippen molar-refractivity contribution in [3.05, 3.63) is 28.8 Å². The number of aliphatic hydroxyl groups excluding tert-OH is 1. The fourth-order valence-electron chi connectivity index (χ4n) is 1.24. The second-order valence-corrected chi connectivity index (χ2v) is 4.96. The minimum atomic E-state index is -0.747. The SMILES string of the molecule is CC(O)C(C)(C)NC(=O)c1c(N)cccc1Cl. The molecule has 0 aliphatic carbocycles. The van der Waals surface area contributed by atoms with Crippen molar-refractivity contribution in [3.63, 3.8) is 0 Å². The van der Waals surface area contributed by atoms with Crippen LogP contribution in [0.15, 0.2) is 18.2 Å². The normalized spacial score (nSPS) is 13.2. The number of aliphatic hydroxyl groups is 1. The summed E-state index contributed by atoms with van der Waals surface area (Å²) in [4.78, 5) is 12.0. The first kappa shape index (κ1) is 13.8. The molecule has 0 aliphatic rings. The van der Waals surface area contributed by atoms with Crippen LogP contribution in [0.25, 0.3) is 0 Å². The summed E-state index contributed by atoms with van der Waals surface area (Å²) in [5.41, 5.74) is 5.52. The average Bonchev–Trinajstić information content (AvgIpc) is 2.15. The fraction of sp³-hybridized carbons (Fsp3) is 0.417. The van der Waals surface area contributed by atoms with Gasteiger partial charge in [-0.25, -0.2) is 0 Å². The highest BCUT2D eigenvalue weighted by Crippen LogP contribution is 2.22. The van der Waals surface area contributed by atoms with Crippen LogP contribution in [0, 0.1) is 0 Å². The van der Waals surface area contributed by atoms with Crippen LogP contribution in [-0.2, 0) is 0 Å². The summed E-state index contributed by atoms with van der Waals surface area (Å²) in [6.45, 7) is 5.06. The van der Waals surface area contributed by atoms with E-state index in [1.54, 1.807) is 39.0 Å². The van der Waals surface area contributed by atoms with Crippen LogP contribution < -0.4 is 11.1 Å². The summed E-state index contributed by atoms with van der Waals surface area (Å²) in [7, 11) is 0. The minimum absolute atomic E-state index is 0.239. The standard InChI is InChI=1S/C12H17ClN2O2/c1-7(16)12(2,3)15-11(17)10-8(13)5-4-6-9(10)14/h4-7,16H,14H2,1-3H3,(H,15,17). The summed E-state index contributed by atoms with van der Waals surface area (Å²) in [5, 5.41) is 12.5. The molecule has 0 fully saturated rings. The number of halogens is 1. The van der Waals surface area contributed by atoms with E-state index in [-0.39, 0.29) is 11.5 Å². The molecule has 1 unspecified atom stereocenters. The van der Waals surface area contributed by atoms with Gasteiger partial charge in [0.25, 0.3) is 5.91 Å². The van der Waals surface area contributed by atoms with Gasteiger partial charge in [0.05, 0.1) is 22.2 Å². The molecular weight excluding hydrogens is 240 g/mol. The van der Waals surface area contributed by atoms with Crippen LogP contribution in [0.1, 0.15) is 31.1 Å². The zero-order chi connectivity index (χ0) is 13.2. The van der Waals surface area contributed by atoms with Gasteiger partial charge in [-0.3, -0.25) is 4.79 Å². The Morgan fingerprint density at radius 2 is 2.12 bits per heavy atom. The molecule has 0 spiro atoms. The zero-order valence-electron chi connectivity index (χ0n) is 10.1. The lowest BCUT2D eigenvalue weighted by molar-refractivity contribution is 0.0710. The molecular formula is C12H17ClN2O2. The van der Waals surface area contributed by atoms with E-state index in [4.69, 9.17) is 17.3 Å². The summed E-state index contributed by atoms with van der Waals surface area (Å²) >= 11 is 5.93. The highest BCUT2D eigenvalue weighted by Gasteiger charge is 2.27. The predicted octanol–water partition coefficient (Wildman–Crippen LogP) is 1.81. The molecule has 1 aromatic carbocycles. The van der Waals surface area contributed by atoms with E-state index in [0.717, 1.165) is 0 Å². The van der Waals surface area contributed by atoms with Gasteiger partial charge in [0.2, 0.25) is 0 Å². The Hall–Kier alpha value is -1.26. The number of anilines is 1. The molecule has 1 rings (SSSR count). The van der Waals surface area contributed by atoms with Gasteiger partial charge in [0, 0.05) is 5.69 Å². The molecule has 0 heterocycles. The second kappa shape index (κ2) is 4.94. The first-order chi connectivity index (χ1) is 7.75. The van der Waals surface area contributed by atoms with E-state index < -0.39 is 11.6 Å². The van der Waals surface area contributed by atoms with Crippen molar-refractivity contribution in [3.8, 4) is 0 Å². The van der Waals surface area contributed by atoms with Gasteiger partial charge in [-0.2, -0.15) is 0 Å². The summed E-state index contributed by atoms with van der Waals surface area (Å²) in [5.74, 6) is -0.390. The van der Waals surface area contributed by atoms with Crippen LogP contribution in [0.3, 0.4) is 0 Å². The second-order valence-electron chi connectivity index (χ2n) is 4.56. The van der Waals surface area contributed by atoms with Crippen molar-refractivity contribution < 1.29 is 9.90 Å². The third-order valence-corrected chi connectivity index (χ3v) is 3.07. The maximum absolute atomic E-state index is 12.0. The number of rotatable bonds is 3. The van der Waals surface area contributed by atoms with E-state index in [1.807, 2.05) is 0 Å². The van der Waals surface area contributed by atoms with Crippen LogP contribution in [0.5, 0.6) is 0 Å². The topological polar surface area (TPSA) is 75.3 Å². The number of nitrogens with one attached hydrogen (secondary N) is 1. The lowest BCUT2D eigenvalue weighted by Gasteiger charge is -2.29. The number of amides is 1. The molecule has 1 aromatic rings. The van der Waals surface area contributed by atoms with Crippen LogP contribution in [0.4, 0.5) is 5.69 Å². The van der Waals surface area contributed by atoms with E-state index >= 15 is 0 Å². The van der Waals surface area contributed by atoms with Crippen molar-refractivity contribution in [1.82, 2.24) is 5.32 Å². The monoisotopic (exact) mass is 256 g/mol. The number of hydrogen-bond donors (Lipinski definition) is 3. The largest absolute Gasteiger partial charge is 0.398 e. The zero-order valence-corrected chi connectivity index (χ0v) is 10.9. The van der Waals surface area contributed by atoms with Crippen LogP contribution in [0.2, 0.25) is 5.02 Å². The lowest BCUT2D eigenvalue weighted by atomic mass is 9.98. The number of nitrogens with two attached hydrogens (primary N) is 1. The van der Waals surface area contributed by atoms with Gasteiger partial charge in [0.15, 0.2) is 0 Å². The molecule has 0 saturated heterocycles. The molecule has 0 bridgehead atoms. The van der Waals surface area contributed by atoms with Gasteiger partial charge in [-0.1, -0.05) is 17.7 Å². The highest BCUT2D eigenvalue weighted by molar-refractivity contribution is 6.34. The Kier molecular flexibility index (Phi) is 4.01. The lowest BCUT2D eigenvalue weighted by Crippen LogP contribution is -2.51. The summed E-state index contributed by atoms with van der Waals surface area (Å²) in [6, 6.07) is 4.88. The molecule has 4 nitrogen and oxygen atoms in total. The van der Waals surface area contributed by atoms with E-state index in [1.165, 1.54) is 0 Å². The maximum atomic E-state index is 12.0. The molecule has 5 heteroatoms. The maximum Gasteiger partial charge on any atom is 0.255 e. The molecule has 17 heavy (non-hydrogen) atoms. The van der Waals surface area contributed by atoms with E-state index in [9.17, 15) is 9.90 Å². The Morgan fingerprint density at radius 3 is 2.59 bits per heavy atom. The average molecular weight is 257 g/mol. The number of carbonyl (C=O) groups is 1. The Labute approximate surface area is 106 Å². The third kappa shape index (κ3) is 3.11. The van der Waals surface area contributed by atoms with Gasteiger partial charge in [-0.05, 0) is 32.9 Å². The van der Waals surface area contributed by atoms with Gasteiger partial charge in [0.1, 0.15) is 0 Å². The molecule has 0 aromatic heterocycles. The van der Waals surface area contributed by atoms with Crippen molar-refractivity contribution in [2.75, 3.05) is 5.73 Å². The summed E-state index contributed by atoms with van der Waals surface area (Å²) in [6.07, 6.45) is -0.685.